The van der Waals surface area contributed by atoms with Gasteiger partial charge in [-0.15, -0.1) is 0 Å². The molecule has 1 amide bonds. The summed E-state index contributed by atoms with van der Waals surface area (Å²) in [7, 11) is 0. The van der Waals surface area contributed by atoms with Gasteiger partial charge in [-0.05, 0) is 42.0 Å². The number of anilines is 1. The quantitative estimate of drug-likeness (QED) is 0.878. The van der Waals surface area contributed by atoms with Gasteiger partial charge >= 0.3 is 0 Å². The molecule has 0 aliphatic heterocycles. The van der Waals surface area contributed by atoms with E-state index >= 15 is 0 Å². The van der Waals surface area contributed by atoms with E-state index in [1.54, 1.807) is 24.3 Å². The average Bonchev–Trinajstić information content (AvgIpc) is 2.39. The molecule has 0 unspecified atom stereocenters. The topological polar surface area (TPSA) is 46.2 Å². The Morgan fingerprint density at radius 3 is 2.53 bits per heavy atom. The first kappa shape index (κ1) is 13.5. The van der Waals surface area contributed by atoms with Crippen LogP contribution in [0, 0.1) is 0 Å². The largest absolute Gasteiger partial charge is 0.326 e. The van der Waals surface area contributed by atoms with Crippen molar-refractivity contribution in [2.75, 3.05) is 5.32 Å². The third-order valence-electron chi connectivity index (χ3n) is 2.58. The molecule has 0 aliphatic carbocycles. The summed E-state index contributed by atoms with van der Waals surface area (Å²) < 4.78 is 0.952. The van der Waals surface area contributed by atoms with E-state index in [0.29, 0.717) is 17.7 Å². The molecule has 19 heavy (non-hydrogen) atoms. The van der Waals surface area contributed by atoms with Crippen LogP contribution in [0.2, 0.25) is 0 Å². The maximum Gasteiger partial charge on any atom is 0.228 e. The highest BCUT2D eigenvalue weighted by molar-refractivity contribution is 9.10. The number of amides is 1. The molecule has 0 saturated carbocycles. The Bertz CT molecular complexity index is 593. The van der Waals surface area contributed by atoms with Gasteiger partial charge in [0.25, 0.3) is 0 Å². The highest BCUT2D eigenvalue weighted by Crippen LogP contribution is 2.13. The summed E-state index contributed by atoms with van der Waals surface area (Å²) in [6.45, 7) is 0. The van der Waals surface area contributed by atoms with Gasteiger partial charge in [0.1, 0.15) is 6.29 Å². The zero-order chi connectivity index (χ0) is 13.7. The Hall–Kier alpha value is -1.94. The van der Waals surface area contributed by atoms with Gasteiger partial charge in [0.15, 0.2) is 0 Å². The molecule has 0 aromatic heterocycles. The first-order valence-corrected chi connectivity index (χ1v) is 6.56. The predicted molar refractivity (Wildman–Crippen MR) is 78.3 cm³/mol. The van der Waals surface area contributed by atoms with E-state index < -0.39 is 0 Å². The second kappa shape index (κ2) is 6.29. The molecule has 0 radical (unpaired) electrons. The minimum Gasteiger partial charge on any atom is -0.326 e. The lowest BCUT2D eigenvalue weighted by Crippen LogP contribution is -2.14. The number of aldehydes is 1. The van der Waals surface area contributed by atoms with E-state index in [-0.39, 0.29) is 5.91 Å². The molecule has 0 atom stereocenters. The lowest BCUT2D eigenvalue weighted by atomic mass is 10.1. The minimum atomic E-state index is -0.0862. The van der Waals surface area contributed by atoms with Gasteiger partial charge in [-0.2, -0.15) is 0 Å². The molecule has 2 rings (SSSR count). The van der Waals surface area contributed by atoms with Crippen LogP contribution in [-0.2, 0) is 11.2 Å². The summed E-state index contributed by atoms with van der Waals surface area (Å²) >= 11 is 3.37. The lowest BCUT2D eigenvalue weighted by Gasteiger charge is -2.05. The molecule has 0 aliphatic rings. The van der Waals surface area contributed by atoms with Gasteiger partial charge < -0.3 is 5.32 Å². The Labute approximate surface area is 119 Å². The molecule has 0 spiro atoms. The van der Waals surface area contributed by atoms with E-state index in [0.717, 1.165) is 16.3 Å². The summed E-state index contributed by atoms with van der Waals surface area (Å²) in [5, 5.41) is 2.79. The fourth-order valence-corrected chi connectivity index (χ4v) is 2.13. The molecule has 0 heterocycles. The highest BCUT2D eigenvalue weighted by Gasteiger charge is 2.04. The standard InChI is InChI=1S/C15H12BrNO2/c16-13-3-1-2-12(8-13)9-15(19)17-14-6-4-11(10-18)5-7-14/h1-8,10H,9H2,(H,17,19). The van der Waals surface area contributed by atoms with Crippen LogP contribution in [0.3, 0.4) is 0 Å². The fourth-order valence-electron chi connectivity index (χ4n) is 1.68. The van der Waals surface area contributed by atoms with E-state index in [1.165, 1.54) is 0 Å². The molecular weight excluding hydrogens is 306 g/mol. The van der Waals surface area contributed by atoms with Gasteiger partial charge in [0.2, 0.25) is 5.91 Å². The Morgan fingerprint density at radius 1 is 1.16 bits per heavy atom. The molecule has 96 valence electrons. The maximum absolute atomic E-state index is 11.9. The van der Waals surface area contributed by atoms with Crippen molar-refractivity contribution in [2.45, 2.75) is 6.42 Å². The van der Waals surface area contributed by atoms with Crippen LogP contribution < -0.4 is 5.32 Å². The summed E-state index contributed by atoms with van der Waals surface area (Å²) in [5.41, 5.74) is 2.21. The van der Waals surface area contributed by atoms with Crippen molar-refractivity contribution in [3.05, 3.63) is 64.1 Å². The second-order valence-corrected chi connectivity index (χ2v) is 5.01. The Kier molecular flexibility index (Phi) is 4.47. The van der Waals surface area contributed by atoms with Crippen molar-refractivity contribution in [3.8, 4) is 0 Å². The average molecular weight is 318 g/mol. The number of hydrogen-bond donors (Lipinski definition) is 1. The van der Waals surface area contributed by atoms with Gasteiger partial charge in [-0.25, -0.2) is 0 Å². The molecule has 3 nitrogen and oxygen atoms in total. The number of rotatable bonds is 4. The maximum atomic E-state index is 11.9. The van der Waals surface area contributed by atoms with Gasteiger partial charge in [-0.1, -0.05) is 28.1 Å². The smallest absolute Gasteiger partial charge is 0.228 e. The Balaban J connectivity index is 1.98. The molecule has 0 fully saturated rings. The molecule has 2 aromatic rings. The number of nitrogens with one attached hydrogen (secondary N) is 1. The zero-order valence-electron chi connectivity index (χ0n) is 10.1. The summed E-state index contributed by atoms with van der Waals surface area (Å²) in [5.74, 6) is -0.0862. The zero-order valence-corrected chi connectivity index (χ0v) is 11.7. The molecule has 2 aromatic carbocycles. The fraction of sp³-hybridized carbons (Fsp3) is 0.0667. The van der Waals surface area contributed by atoms with Crippen LogP contribution in [0.15, 0.2) is 53.0 Å². The van der Waals surface area contributed by atoms with E-state index in [4.69, 9.17) is 0 Å². The molecule has 0 bridgehead atoms. The minimum absolute atomic E-state index is 0.0862. The van der Waals surface area contributed by atoms with Crippen molar-refractivity contribution in [1.29, 1.82) is 0 Å². The van der Waals surface area contributed by atoms with Gasteiger partial charge in [0, 0.05) is 15.7 Å². The third-order valence-corrected chi connectivity index (χ3v) is 3.08. The summed E-state index contributed by atoms with van der Waals surface area (Å²) in [6.07, 6.45) is 1.09. The van der Waals surface area contributed by atoms with Crippen LogP contribution in [0.25, 0.3) is 0 Å². The van der Waals surface area contributed by atoms with E-state index in [9.17, 15) is 9.59 Å². The Morgan fingerprint density at radius 2 is 1.89 bits per heavy atom. The lowest BCUT2D eigenvalue weighted by molar-refractivity contribution is -0.115. The number of halogens is 1. The number of hydrogen-bond acceptors (Lipinski definition) is 2. The molecule has 4 heteroatoms. The van der Waals surface area contributed by atoms with Crippen molar-refractivity contribution in [2.24, 2.45) is 0 Å². The first-order valence-electron chi connectivity index (χ1n) is 5.77. The van der Waals surface area contributed by atoms with Crippen molar-refractivity contribution < 1.29 is 9.59 Å². The van der Waals surface area contributed by atoms with Gasteiger partial charge in [-0.3, -0.25) is 9.59 Å². The predicted octanol–water partition coefficient (Wildman–Crippen LogP) is 3.44. The molecule has 1 N–H and O–H groups in total. The third kappa shape index (κ3) is 4.03. The molecular formula is C15H12BrNO2. The SMILES string of the molecule is O=Cc1ccc(NC(=O)Cc2cccc(Br)c2)cc1. The highest BCUT2D eigenvalue weighted by atomic mass is 79.9. The van der Waals surface area contributed by atoms with Crippen LogP contribution in [0.1, 0.15) is 15.9 Å². The van der Waals surface area contributed by atoms with Gasteiger partial charge in [0.05, 0.1) is 6.42 Å². The monoisotopic (exact) mass is 317 g/mol. The van der Waals surface area contributed by atoms with Crippen molar-refractivity contribution in [3.63, 3.8) is 0 Å². The summed E-state index contributed by atoms with van der Waals surface area (Å²) in [6, 6.07) is 14.4. The second-order valence-electron chi connectivity index (χ2n) is 4.09. The van der Waals surface area contributed by atoms with E-state index in [2.05, 4.69) is 21.2 Å². The number of benzene rings is 2. The first-order chi connectivity index (χ1) is 9.17. The van der Waals surface area contributed by atoms with Crippen LogP contribution in [-0.4, -0.2) is 12.2 Å². The van der Waals surface area contributed by atoms with Crippen LogP contribution in [0.5, 0.6) is 0 Å². The van der Waals surface area contributed by atoms with Crippen LogP contribution in [0.4, 0.5) is 5.69 Å². The normalized spacial score (nSPS) is 9.95. The summed E-state index contributed by atoms with van der Waals surface area (Å²) in [4.78, 5) is 22.4. The number of carbonyl (C=O) groups excluding carboxylic acids is 2. The van der Waals surface area contributed by atoms with E-state index in [1.807, 2.05) is 24.3 Å². The van der Waals surface area contributed by atoms with Crippen molar-refractivity contribution >= 4 is 33.8 Å². The van der Waals surface area contributed by atoms with Crippen molar-refractivity contribution in [1.82, 2.24) is 0 Å². The number of carbonyl (C=O) groups is 2. The molecule has 0 saturated heterocycles. The van der Waals surface area contributed by atoms with Crippen LogP contribution >= 0.6 is 15.9 Å².